The summed E-state index contributed by atoms with van der Waals surface area (Å²) in [6, 6.07) is 2.00. The Morgan fingerprint density at radius 3 is 2.48 bits per heavy atom. The molecule has 0 saturated carbocycles. The molecule has 1 saturated heterocycles. The van der Waals surface area contributed by atoms with Gasteiger partial charge in [0.05, 0.1) is 17.9 Å². The fraction of sp³-hybridized carbons (Fsp3) is 0.467. The standard InChI is InChI=1S/C15H15ClF4N2O3/c1-7(9-3-2-8(17)4-12(9)16)21-14(25)22-5-10(13(23)24)11(6-22)15(18,19)20/h2-4,7,10-11H,5-6H2,1H3,(H,21,25)(H,23,24)/t7-,10+,11+/m0/s1. The Balaban J connectivity index is 2.09. The molecule has 1 aliphatic rings. The van der Waals surface area contributed by atoms with Crippen molar-refractivity contribution < 1.29 is 32.3 Å². The summed E-state index contributed by atoms with van der Waals surface area (Å²) in [4.78, 5) is 24.0. The van der Waals surface area contributed by atoms with Crippen molar-refractivity contribution in [2.75, 3.05) is 13.1 Å². The first-order valence-corrected chi connectivity index (χ1v) is 7.68. The highest BCUT2D eigenvalue weighted by Crippen LogP contribution is 2.37. The van der Waals surface area contributed by atoms with E-state index in [-0.39, 0.29) is 5.02 Å². The summed E-state index contributed by atoms with van der Waals surface area (Å²) >= 11 is 5.88. The normalized spacial score (nSPS) is 21.9. The molecule has 1 aliphatic heterocycles. The lowest BCUT2D eigenvalue weighted by atomic mass is 9.96. The predicted octanol–water partition coefficient (Wildman–Crippen LogP) is 3.44. The minimum atomic E-state index is -4.72. The fourth-order valence-electron chi connectivity index (χ4n) is 2.76. The molecule has 0 radical (unpaired) electrons. The van der Waals surface area contributed by atoms with E-state index in [0.717, 1.165) is 17.0 Å². The maximum absolute atomic E-state index is 13.1. The summed E-state index contributed by atoms with van der Waals surface area (Å²) in [6.45, 7) is 0.244. The van der Waals surface area contributed by atoms with Gasteiger partial charge in [0.1, 0.15) is 5.82 Å². The van der Waals surface area contributed by atoms with E-state index in [4.69, 9.17) is 16.7 Å². The van der Waals surface area contributed by atoms with Crippen LogP contribution in [0.1, 0.15) is 18.5 Å². The number of halogens is 5. The minimum Gasteiger partial charge on any atom is -0.481 e. The van der Waals surface area contributed by atoms with Crippen molar-refractivity contribution in [3.05, 3.63) is 34.6 Å². The number of carbonyl (C=O) groups excluding carboxylic acids is 1. The molecular formula is C15H15ClF4N2O3. The number of carbonyl (C=O) groups is 2. The summed E-state index contributed by atoms with van der Waals surface area (Å²) in [7, 11) is 0. The first-order chi connectivity index (χ1) is 11.5. The zero-order chi connectivity index (χ0) is 18.9. The number of carboxylic acid groups (broad SMARTS) is 1. The summed E-state index contributed by atoms with van der Waals surface area (Å²) in [6.07, 6.45) is -4.72. The first kappa shape index (κ1) is 19.3. The highest BCUT2D eigenvalue weighted by molar-refractivity contribution is 6.31. The number of nitrogens with one attached hydrogen (secondary N) is 1. The maximum atomic E-state index is 13.1. The lowest BCUT2D eigenvalue weighted by Crippen LogP contribution is -2.40. The van der Waals surface area contributed by atoms with Crippen molar-refractivity contribution in [1.82, 2.24) is 10.2 Å². The van der Waals surface area contributed by atoms with Crippen molar-refractivity contribution >= 4 is 23.6 Å². The van der Waals surface area contributed by atoms with Crippen LogP contribution in [0, 0.1) is 17.7 Å². The molecule has 1 fully saturated rings. The van der Waals surface area contributed by atoms with Crippen LogP contribution in [0.3, 0.4) is 0 Å². The van der Waals surface area contributed by atoms with Crippen molar-refractivity contribution in [1.29, 1.82) is 0 Å². The summed E-state index contributed by atoms with van der Waals surface area (Å²) in [5, 5.41) is 11.5. The molecule has 0 spiro atoms. The van der Waals surface area contributed by atoms with E-state index >= 15 is 0 Å². The number of hydrogen-bond acceptors (Lipinski definition) is 2. The van der Waals surface area contributed by atoms with Crippen molar-refractivity contribution in [2.24, 2.45) is 11.8 Å². The Hall–Kier alpha value is -2.03. The van der Waals surface area contributed by atoms with E-state index in [2.05, 4.69) is 5.32 Å². The molecule has 2 amide bonds. The number of rotatable bonds is 3. The van der Waals surface area contributed by atoms with Crippen LogP contribution in [0.2, 0.25) is 5.02 Å². The fourth-order valence-corrected chi connectivity index (χ4v) is 3.09. The molecule has 138 valence electrons. The van der Waals surface area contributed by atoms with Gasteiger partial charge in [0.15, 0.2) is 0 Å². The van der Waals surface area contributed by atoms with Gasteiger partial charge in [-0.15, -0.1) is 0 Å². The van der Waals surface area contributed by atoms with Gasteiger partial charge in [-0.2, -0.15) is 13.2 Å². The molecule has 0 bridgehead atoms. The quantitative estimate of drug-likeness (QED) is 0.787. The van der Waals surface area contributed by atoms with Crippen LogP contribution < -0.4 is 5.32 Å². The van der Waals surface area contributed by atoms with Gasteiger partial charge in [-0.05, 0) is 24.6 Å². The predicted molar refractivity (Wildman–Crippen MR) is 80.6 cm³/mol. The minimum absolute atomic E-state index is 0.0609. The molecule has 0 aliphatic carbocycles. The molecule has 5 nitrogen and oxygen atoms in total. The van der Waals surface area contributed by atoms with E-state index in [0.29, 0.717) is 5.56 Å². The van der Waals surface area contributed by atoms with Gasteiger partial charge in [-0.1, -0.05) is 17.7 Å². The molecule has 25 heavy (non-hydrogen) atoms. The third-order valence-corrected chi connectivity index (χ3v) is 4.44. The monoisotopic (exact) mass is 382 g/mol. The topological polar surface area (TPSA) is 69.6 Å². The third-order valence-electron chi connectivity index (χ3n) is 4.11. The number of aliphatic carboxylic acids is 1. The summed E-state index contributed by atoms with van der Waals surface area (Å²) in [5.41, 5.74) is 0.387. The second-order valence-electron chi connectivity index (χ2n) is 5.83. The number of benzene rings is 1. The zero-order valence-corrected chi connectivity index (χ0v) is 13.7. The van der Waals surface area contributed by atoms with E-state index in [1.54, 1.807) is 0 Å². The molecule has 1 aromatic carbocycles. The largest absolute Gasteiger partial charge is 0.481 e. The van der Waals surface area contributed by atoms with E-state index in [9.17, 15) is 27.2 Å². The van der Waals surface area contributed by atoms with Gasteiger partial charge in [-0.3, -0.25) is 4.79 Å². The first-order valence-electron chi connectivity index (χ1n) is 7.30. The van der Waals surface area contributed by atoms with Crippen molar-refractivity contribution in [3.63, 3.8) is 0 Å². The molecule has 0 unspecified atom stereocenters. The number of carboxylic acids is 1. The number of likely N-dealkylation sites (tertiary alicyclic amines) is 1. The smallest absolute Gasteiger partial charge is 0.394 e. The Kier molecular flexibility index (Phi) is 5.46. The van der Waals surface area contributed by atoms with Crippen LogP contribution in [0.25, 0.3) is 0 Å². The van der Waals surface area contributed by atoms with Gasteiger partial charge < -0.3 is 15.3 Å². The molecule has 0 aromatic heterocycles. The number of alkyl halides is 3. The number of nitrogens with zero attached hydrogens (tertiary/aromatic N) is 1. The van der Waals surface area contributed by atoms with Crippen LogP contribution in [0.4, 0.5) is 22.4 Å². The van der Waals surface area contributed by atoms with E-state index < -0.39 is 55.0 Å². The summed E-state index contributed by atoms with van der Waals surface area (Å²) in [5.74, 6) is -6.01. The summed E-state index contributed by atoms with van der Waals surface area (Å²) < 4.78 is 51.9. The molecular weight excluding hydrogens is 368 g/mol. The van der Waals surface area contributed by atoms with Crippen LogP contribution >= 0.6 is 11.6 Å². The maximum Gasteiger partial charge on any atom is 0.394 e. The molecule has 2 N–H and O–H groups in total. The van der Waals surface area contributed by atoms with E-state index in [1.807, 2.05) is 0 Å². The Labute approximate surface area is 145 Å². The third kappa shape index (κ3) is 4.33. The second kappa shape index (κ2) is 7.07. The molecule has 2 rings (SSSR count). The molecule has 1 heterocycles. The average Bonchev–Trinajstić information content (AvgIpc) is 2.92. The lowest BCUT2D eigenvalue weighted by Gasteiger charge is -2.22. The second-order valence-corrected chi connectivity index (χ2v) is 6.24. The van der Waals surface area contributed by atoms with Gasteiger partial charge in [0.25, 0.3) is 0 Å². The zero-order valence-electron chi connectivity index (χ0n) is 13.0. The van der Waals surface area contributed by atoms with Crippen LogP contribution in [-0.4, -0.2) is 41.3 Å². The number of amides is 2. The van der Waals surface area contributed by atoms with Gasteiger partial charge in [0, 0.05) is 18.1 Å². The molecule has 3 atom stereocenters. The van der Waals surface area contributed by atoms with Gasteiger partial charge in [0.2, 0.25) is 0 Å². The van der Waals surface area contributed by atoms with Crippen LogP contribution in [-0.2, 0) is 4.79 Å². The van der Waals surface area contributed by atoms with E-state index in [1.165, 1.54) is 13.0 Å². The highest BCUT2D eigenvalue weighted by Gasteiger charge is 2.53. The van der Waals surface area contributed by atoms with Gasteiger partial charge >= 0.3 is 18.2 Å². The lowest BCUT2D eigenvalue weighted by molar-refractivity contribution is -0.187. The van der Waals surface area contributed by atoms with Crippen molar-refractivity contribution in [2.45, 2.75) is 19.1 Å². The molecule has 10 heteroatoms. The highest BCUT2D eigenvalue weighted by atomic mass is 35.5. The Morgan fingerprint density at radius 2 is 2.00 bits per heavy atom. The van der Waals surface area contributed by atoms with Gasteiger partial charge in [-0.25, -0.2) is 9.18 Å². The Morgan fingerprint density at radius 1 is 1.36 bits per heavy atom. The molecule has 1 aromatic rings. The SMILES string of the molecule is C[C@H](NC(=O)N1C[C@@H](C(F)(F)F)[C@H](C(=O)O)C1)c1ccc(F)cc1Cl. The number of hydrogen-bond donors (Lipinski definition) is 2. The van der Waals surface area contributed by atoms with Crippen LogP contribution in [0.15, 0.2) is 18.2 Å². The van der Waals surface area contributed by atoms with Crippen LogP contribution in [0.5, 0.6) is 0 Å². The Bertz CT molecular complexity index is 683. The average molecular weight is 383 g/mol. The van der Waals surface area contributed by atoms with Crippen molar-refractivity contribution in [3.8, 4) is 0 Å². The number of urea groups is 1.